The highest BCUT2D eigenvalue weighted by atomic mass is 16.3. The molecule has 0 aliphatic heterocycles. The molecule has 0 bridgehead atoms. The Bertz CT molecular complexity index is 156. The Labute approximate surface area is 75.8 Å². The van der Waals surface area contributed by atoms with Crippen LogP contribution in [0.3, 0.4) is 0 Å². The van der Waals surface area contributed by atoms with Crippen LogP contribution >= 0.6 is 0 Å². The molecule has 0 saturated carbocycles. The SMILES string of the molecule is C=C(C)/C=C/[C@H](CCO)C(C)C. The van der Waals surface area contributed by atoms with Crippen LogP contribution in [0.5, 0.6) is 0 Å². The van der Waals surface area contributed by atoms with E-state index in [1.54, 1.807) is 0 Å². The molecular formula is C11H20O. The summed E-state index contributed by atoms with van der Waals surface area (Å²) < 4.78 is 0. The van der Waals surface area contributed by atoms with Crippen molar-refractivity contribution < 1.29 is 5.11 Å². The fourth-order valence-electron chi connectivity index (χ4n) is 1.09. The van der Waals surface area contributed by atoms with Crippen molar-refractivity contribution in [2.24, 2.45) is 11.8 Å². The van der Waals surface area contributed by atoms with Gasteiger partial charge in [0.1, 0.15) is 0 Å². The fraction of sp³-hybridized carbons (Fsp3) is 0.636. The highest BCUT2D eigenvalue weighted by molar-refractivity contribution is 5.12. The molecule has 0 aliphatic carbocycles. The van der Waals surface area contributed by atoms with Crippen molar-refractivity contribution in [1.82, 2.24) is 0 Å². The van der Waals surface area contributed by atoms with Crippen LogP contribution in [0.15, 0.2) is 24.3 Å². The van der Waals surface area contributed by atoms with Gasteiger partial charge in [0.15, 0.2) is 0 Å². The summed E-state index contributed by atoms with van der Waals surface area (Å²) in [6, 6.07) is 0. The number of hydrogen-bond acceptors (Lipinski definition) is 1. The van der Waals surface area contributed by atoms with Gasteiger partial charge in [-0.05, 0) is 25.2 Å². The van der Waals surface area contributed by atoms with Crippen LogP contribution in [0.2, 0.25) is 0 Å². The van der Waals surface area contributed by atoms with Crippen LogP contribution in [0.4, 0.5) is 0 Å². The smallest absolute Gasteiger partial charge is 0.0436 e. The predicted octanol–water partition coefficient (Wildman–Crippen LogP) is 2.77. The summed E-state index contributed by atoms with van der Waals surface area (Å²) in [5.74, 6) is 1.07. The van der Waals surface area contributed by atoms with Crippen LogP contribution in [-0.2, 0) is 0 Å². The molecule has 1 N–H and O–H groups in total. The number of rotatable bonds is 5. The molecule has 0 rings (SSSR count). The summed E-state index contributed by atoms with van der Waals surface area (Å²) in [6.45, 7) is 10.4. The summed E-state index contributed by atoms with van der Waals surface area (Å²) in [6.07, 6.45) is 5.02. The second-order valence-corrected chi connectivity index (χ2v) is 3.63. The lowest BCUT2D eigenvalue weighted by molar-refractivity contribution is 0.252. The van der Waals surface area contributed by atoms with Crippen LogP contribution in [-0.4, -0.2) is 11.7 Å². The van der Waals surface area contributed by atoms with E-state index in [1.165, 1.54) is 0 Å². The normalized spacial score (nSPS) is 14.1. The zero-order valence-corrected chi connectivity index (χ0v) is 8.38. The predicted molar refractivity (Wildman–Crippen MR) is 54.0 cm³/mol. The van der Waals surface area contributed by atoms with Crippen molar-refractivity contribution in [3.63, 3.8) is 0 Å². The van der Waals surface area contributed by atoms with Crippen molar-refractivity contribution >= 4 is 0 Å². The first-order valence-corrected chi connectivity index (χ1v) is 4.52. The van der Waals surface area contributed by atoms with Gasteiger partial charge in [0.2, 0.25) is 0 Å². The van der Waals surface area contributed by atoms with Crippen LogP contribution < -0.4 is 0 Å². The third kappa shape index (κ3) is 5.14. The van der Waals surface area contributed by atoms with Gasteiger partial charge < -0.3 is 5.11 Å². The van der Waals surface area contributed by atoms with Gasteiger partial charge >= 0.3 is 0 Å². The first-order chi connectivity index (χ1) is 5.57. The van der Waals surface area contributed by atoms with E-state index in [2.05, 4.69) is 26.5 Å². The first-order valence-electron chi connectivity index (χ1n) is 4.52. The van der Waals surface area contributed by atoms with Crippen LogP contribution in [0, 0.1) is 11.8 Å². The van der Waals surface area contributed by atoms with Gasteiger partial charge in [-0.1, -0.05) is 38.2 Å². The molecule has 0 amide bonds. The lowest BCUT2D eigenvalue weighted by atomic mass is 9.92. The third-order valence-corrected chi connectivity index (χ3v) is 1.95. The van der Waals surface area contributed by atoms with E-state index >= 15 is 0 Å². The first kappa shape index (κ1) is 11.4. The average Bonchev–Trinajstić information content (AvgIpc) is 1.96. The van der Waals surface area contributed by atoms with Gasteiger partial charge in [0.25, 0.3) is 0 Å². The highest BCUT2D eigenvalue weighted by Crippen LogP contribution is 2.16. The monoisotopic (exact) mass is 168 g/mol. The quantitative estimate of drug-likeness (QED) is 0.626. The van der Waals surface area contributed by atoms with Crippen LogP contribution in [0.25, 0.3) is 0 Å². The van der Waals surface area contributed by atoms with E-state index in [1.807, 2.05) is 13.0 Å². The van der Waals surface area contributed by atoms with Crippen LogP contribution in [0.1, 0.15) is 27.2 Å². The molecule has 1 heteroatoms. The second kappa shape index (κ2) is 6.01. The van der Waals surface area contributed by atoms with Crippen molar-refractivity contribution in [2.45, 2.75) is 27.2 Å². The number of aliphatic hydroxyl groups excluding tert-OH is 1. The summed E-state index contributed by atoms with van der Waals surface area (Å²) in [5.41, 5.74) is 1.07. The van der Waals surface area contributed by atoms with E-state index in [0.717, 1.165) is 12.0 Å². The average molecular weight is 168 g/mol. The Morgan fingerprint density at radius 3 is 2.42 bits per heavy atom. The van der Waals surface area contributed by atoms with Gasteiger partial charge in [0, 0.05) is 6.61 Å². The molecule has 0 aromatic carbocycles. The van der Waals surface area contributed by atoms with Gasteiger partial charge in [-0.15, -0.1) is 0 Å². The molecule has 12 heavy (non-hydrogen) atoms. The van der Waals surface area contributed by atoms with Gasteiger partial charge in [-0.2, -0.15) is 0 Å². The minimum atomic E-state index is 0.267. The van der Waals surface area contributed by atoms with E-state index in [9.17, 15) is 0 Å². The second-order valence-electron chi connectivity index (χ2n) is 3.63. The molecule has 0 aromatic heterocycles. The largest absolute Gasteiger partial charge is 0.396 e. The summed E-state index contributed by atoms with van der Waals surface area (Å²) in [4.78, 5) is 0. The van der Waals surface area contributed by atoms with Gasteiger partial charge in [-0.25, -0.2) is 0 Å². The number of hydrogen-bond donors (Lipinski definition) is 1. The molecule has 70 valence electrons. The number of aliphatic hydroxyl groups is 1. The molecule has 1 atom stereocenters. The Hall–Kier alpha value is -0.560. The molecule has 0 unspecified atom stereocenters. The Morgan fingerprint density at radius 2 is 2.08 bits per heavy atom. The minimum Gasteiger partial charge on any atom is -0.396 e. The van der Waals surface area contributed by atoms with E-state index in [-0.39, 0.29) is 6.61 Å². The molecule has 0 saturated heterocycles. The zero-order chi connectivity index (χ0) is 9.56. The maximum absolute atomic E-state index is 8.79. The fourth-order valence-corrected chi connectivity index (χ4v) is 1.09. The Morgan fingerprint density at radius 1 is 1.50 bits per heavy atom. The van der Waals surface area contributed by atoms with Crippen molar-refractivity contribution in [2.75, 3.05) is 6.61 Å². The molecule has 0 radical (unpaired) electrons. The molecule has 0 heterocycles. The Balaban J connectivity index is 4.03. The summed E-state index contributed by atoms with van der Waals surface area (Å²) in [7, 11) is 0. The summed E-state index contributed by atoms with van der Waals surface area (Å²) >= 11 is 0. The van der Waals surface area contributed by atoms with Crippen molar-refractivity contribution in [1.29, 1.82) is 0 Å². The summed E-state index contributed by atoms with van der Waals surface area (Å²) in [5, 5.41) is 8.79. The standard InChI is InChI=1S/C11H20O/c1-9(2)5-6-11(7-8-12)10(3)4/h5-6,10-12H,1,7-8H2,2-4H3/b6-5+/t11-/m1/s1. The highest BCUT2D eigenvalue weighted by Gasteiger charge is 2.07. The van der Waals surface area contributed by atoms with Crippen molar-refractivity contribution in [3.05, 3.63) is 24.3 Å². The maximum Gasteiger partial charge on any atom is 0.0436 e. The van der Waals surface area contributed by atoms with E-state index in [4.69, 9.17) is 5.11 Å². The molecule has 0 fully saturated rings. The molecule has 0 aliphatic rings. The van der Waals surface area contributed by atoms with Crippen molar-refractivity contribution in [3.8, 4) is 0 Å². The molecule has 1 nitrogen and oxygen atoms in total. The van der Waals surface area contributed by atoms with Gasteiger partial charge in [0.05, 0.1) is 0 Å². The minimum absolute atomic E-state index is 0.267. The topological polar surface area (TPSA) is 20.2 Å². The number of allylic oxidation sites excluding steroid dienone is 3. The van der Waals surface area contributed by atoms with Gasteiger partial charge in [-0.3, -0.25) is 0 Å². The lowest BCUT2D eigenvalue weighted by Gasteiger charge is -2.14. The zero-order valence-electron chi connectivity index (χ0n) is 8.38. The molecule has 0 aromatic rings. The Kier molecular flexibility index (Phi) is 5.73. The third-order valence-electron chi connectivity index (χ3n) is 1.95. The molecule has 0 spiro atoms. The maximum atomic E-state index is 8.79. The van der Waals surface area contributed by atoms with E-state index in [0.29, 0.717) is 11.8 Å². The van der Waals surface area contributed by atoms with E-state index < -0.39 is 0 Å². The molecular weight excluding hydrogens is 148 g/mol. The lowest BCUT2D eigenvalue weighted by Crippen LogP contribution is -2.07.